The van der Waals surface area contributed by atoms with Crippen LogP contribution in [0.1, 0.15) is 31.7 Å². The number of carbonyl (C=O) groups is 1. The van der Waals surface area contributed by atoms with Crippen molar-refractivity contribution in [1.29, 1.82) is 0 Å². The van der Waals surface area contributed by atoms with E-state index in [9.17, 15) is 4.79 Å². The number of piperidine rings is 1. The minimum Gasteiger partial charge on any atom is -0.340 e. The van der Waals surface area contributed by atoms with Gasteiger partial charge >= 0.3 is 0 Å². The fraction of sp³-hybridized carbons (Fsp3) is 0.562. The Morgan fingerprint density at radius 3 is 2.58 bits per heavy atom. The molecule has 0 aromatic heterocycles. The van der Waals surface area contributed by atoms with E-state index in [1.807, 2.05) is 23.1 Å². The second kappa shape index (κ2) is 4.64. The molecule has 1 aliphatic carbocycles. The predicted molar refractivity (Wildman–Crippen MR) is 75.7 cm³/mol. The van der Waals surface area contributed by atoms with Crippen LogP contribution in [0.5, 0.6) is 0 Å². The standard InChI is InChI=1S/C16H22N2O/c1-12-7-10-18(11-14(12)17)15(19)16(8-9-16)13-5-3-2-4-6-13/h2-6,12,14H,7-11,17H2,1H3. The highest BCUT2D eigenvalue weighted by Gasteiger charge is 2.53. The highest BCUT2D eigenvalue weighted by Crippen LogP contribution is 2.49. The highest BCUT2D eigenvalue weighted by molar-refractivity contribution is 5.91. The van der Waals surface area contributed by atoms with Gasteiger partial charge in [0.1, 0.15) is 0 Å². The Bertz CT molecular complexity index is 467. The van der Waals surface area contributed by atoms with Gasteiger partial charge in [0.05, 0.1) is 5.41 Å². The van der Waals surface area contributed by atoms with Crippen molar-refractivity contribution < 1.29 is 4.79 Å². The molecule has 0 spiro atoms. The maximum atomic E-state index is 12.8. The van der Waals surface area contributed by atoms with Crippen LogP contribution in [0.3, 0.4) is 0 Å². The molecule has 1 aromatic carbocycles. The molecule has 0 radical (unpaired) electrons. The largest absolute Gasteiger partial charge is 0.340 e. The quantitative estimate of drug-likeness (QED) is 0.881. The molecule has 2 atom stereocenters. The molecule has 102 valence electrons. The van der Waals surface area contributed by atoms with Crippen molar-refractivity contribution >= 4 is 5.91 Å². The third kappa shape index (κ3) is 2.16. The van der Waals surface area contributed by atoms with E-state index in [1.54, 1.807) is 0 Å². The smallest absolute Gasteiger partial charge is 0.233 e. The van der Waals surface area contributed by atoms with Crippen molar-refractivity contribution in [2.45, 2.75) is 37.6 Å². The van der Waals surface area contributed by atoms with E-state index in [4.69, 9.17) is 5.73 Å². The number of hydrogen-bond donors (Lipinski definition) is 1. The van der Waals surface area contributed by atoms with Crippen LogP contribution in [0.15, 0.2) is 30.3 Å². The number of amides is 1. The minimum atomic E-state index is -0.235. The molecule has 2 unspecified atom stereocenters. The van der Waals surface area contributed by atoms with Gasteiger partial charge in [0.25, 0.3) is 0 Å². The Morgan fingerprint density at radius 2 is 2.00 bits per heavy atom. The number of nitrogens with zero attached hydrogens (tertiary/aromatic N) is 1. The first kappa shape index (κ1) is 12.7. The zero-order valence-electron chi connectivity index (χ0n) is 11.5. The maximum absolute atomic E-state index is 12.8. The summed E-state index contributed by atoms with van der Waals surface area (Å²) in [6.07, 6.45) is 2.99. The summed E-state index contributed by atoms with van der Waals surface area (Å²) >= 11 is 0. The zero-order chi connectivity index (χ0) is 13.5. The van der Waals surface area contributed by atoms with Crippen molar-refractivity contribution in [2.24, 2.45) is 11.7 Å². The number of likely N-dealkylation sites (tertiary alicyclic amines) is 1. The SMILES string of the molecule is CC1CCN(C(=O)C2(c3ccccc3)CC2)CC1N. The number of rotatable bonds is 2. The van der Waals surface area contributed by atoms with Gasteiger partial charge in [0, 0.05) is 19.1 Å². The molecule has 1 aromatic rings. The van der Waals surface area contributed by atoms with E-state index < -0.39 is 0 Å². The summed E-state index contributed by atoms with van der Waals surface area (Å²) in [6, 6.07) is 10.3. The van der Waals surface area contributed by atoms with Gasteiger partial charge in [-0.1, -0.05) is 37.3 Å². The van der Waals surface area contributed by atoms with Crippen molar-refractivity contribution in [1.82, 2.24) is 4.90 Å². The lowest BCUT2D eigenvalue weighted by Gasteiger charge is -2.37. The van der Waals surface area contributed by atoms with Gasteiger partial charge in [-0.25, -0.2) is 0 Å². The van der Waals surface area contributed by atoms with Gasteiger partial charge in [-0.2, -0.15) is 0 Å². The molecule has 0 bridgehead atoms. The molecule has 1 saturated heterocycles. The summed E-state index contributed by atoms with van der Waals surface area (Å²) < 4.78 is 0. The Labute approximate surface area is 114 Å². The summed E-state index contributed by atoms with van der Waals surface area (Å²) in [5.74, 6) is 0.817. The molecule has 1 amide bonds. The summed E-state index contributed by atoms with van der Waals surface area (Å²) in [5.41, 5.74) is 7.05. The monoisotopic (exact) mass is 258 g/mol. The molecule has 1 aliphatic heterocycles. The second-order valence-corrected chi connectivity index (χ2v) is 6.13. The Hall–Kier alpha value is -1.35. The first-order valence-corrected chi connectivity index (χ1v) is 7.24. The average molecular weight is 258 g/mol. The van der Waals surface area contributed by atoms with Crippen molar-refractivity contribution in [3.05, 3.63) is 35.9 Å². The molecular weight excluding hydrogens is 236 g/mol. The van der Waals surface area contributed by atoms with Gasteiger partial charge in [-0.3, -0.25) is 4.79 Å². The van der Waals surface area contributed by atoms with Crippen molar-refractivity contribution in [3.8, 4) is 0 Å². The second-order valence-electron chi connectivity index (χ2n) is 6.13. The lowest BCUT2D eigenvalue weighted by Crippen LogP contribution is -2.52. The Morgan fingerprint density at radius 1 is 1.32 bits per heavy atom. The van der Waals surface area contributed by atoms with Gasteiger partial charge < -0.3 is 10.6 Å². The van der Waals surface area contributed by atoms with Gasteiger partial charge in [0.2, 0.25) is 5.91 Å². The molecular formula is C16H22N2O. The first-order valence-electron chi connectivity index (χ1n) is 7.24. The lowest BCUT2D eigenvalue weighted by molar-refractivity contribution is -0.135. The maximum Gasteiger partial charge on any atom is 0.233 e. The first-order chi connectivity index (χ1) is 9.13. The van der Waals surface area contributed by atoms with Crippen LogP contribution in [0, 0.1) is 5.92 Å². The molecule has 2 aliphatic rings. The summed E-state index contributed by atoms with van der Waals surface area (Å²) in [6.45, 7) is 3.76. The fourth-order valence-electron chi connectivity index (χ4n) is 3.09. The molecule has 3 heteroatoms. The fourth-order valence-corrected chi connectivity index (χ4v) is 3.09. The van der Waals surface area contributed by atoms with E-state index in [-0.39, 0.29) is 11.5 Å². The van der Waals surface area contributed by atoms with Gasteiger partial charge in [-0.15, -0.1) is 0 Å². The summed E-state index contributed by atoms with van der Waals surface area (Å²) in [7, 11) is 0. The molecule has 3 rings (SSSR count). The van der Waals surface area contributed by atoms with Crippen LogP contribution in [-0.4, -0.2) is 29.9 Å². The lowest BCUT2D eigenvalue weighted by atomic mass is 9.90. The van der Waals surface area contributed by atoms with E-state index in [1.165, 1.54) is 5.56 Å². The van der Waals surface area contributed by atoms with E-state index >= 15 is 0 Å². The summed E-state index contributed by atoms with van der Waals surface area (Å²) in [5, 5.41) is 0. The van der Waals surface area contributed by atoms with E-state index in [0.29, 0.717) is 18.4 Å². The normalized spacial score (nSPS) is 29.1. The number of benzene rings is 1. The van der Waals surface area contributed by atoms with Crippen molar-refractivity contribution in [3.63, 3.8) is 0 Å². The molecule has 1 saturated carbocycles. The zero-order valence-corrected chi connectivity index (χ0v) is 11.5. The molecule has 2 fully saturated rings. The molecule has 2 N–H and O–H groups in total. The van der Waals surface area contributed by atoms with Crippen LogP contribution < -0.4 is 5.73 Å². The molecule has 1 heterocycles. The van der Waals surface area contributed by atoms with Crippen LogP contribution in [-0.2, 0) is 10.2 Å². The summed E-state index contributed by atoms with van der Waals surface area (Å²) in [4.78, 5) is 14.8. The topological polar surface area (TPSA) is 46.3 Å². The third-order valence-corrected chi connectivity index (χ3v) is 4.79. The Balaban J connectivity index is 1.78. The molecule has 19 heavy (non-hydrogen) atoms. The predicted octanol–water partition coefficient (Wildman–Crippen LogP) is 1.91. The van der Waals surface area contributed by atoms with Gasteiger partial charge in [-0.05, 0) is 30.7 Å². The van der Waals surface area contributed by atoms with E-state index in [0.717, 1.165) is 25.8 Å². The van der Waals surface area contributed by atoms with Crippen LogP contribution in [0.4, 0.5) is 0 Å². The minimum absolute atomic E-state index is 0.129. The van der Waals surface area contributed by atoms with Crippen LogP contribution in [0.2, 0.25) is 0 Å². The average Bonchev–Trinajstić information content (AvgIpc) is 3.24. The Kier molecular flexibility index (Phi) is 3.09. The number of nitrogens with two attached hydrogens (primary N) is 1. The third-order valence-electron chi connectivity index (χ3n) is 4.79. The molecule has 3 nitrogen and oxygen atoms in total. The van der Waals surface area contributed by atoms with Crippen LogP contribution in [0.25, 0.3) is 0 Å². The van der Waals surface area contributed by atoms with Crippen molar-refractivity contribution in [2.75, 3.05) is 13.1 Å². The highest BCUT2D eigenvalue weighted by atomic mass is 16.2. The van der Waals surface area contributed by atoms with Crippen LogP contribution >= 0.6 is 0 Å². The number of hydrogen-bond acceptors (Lipinski definition) is 2. The number of carbonyl (C=O) groups excluding carboxylic acids is 1. The van der Waals surface area contributed by atoms with Gasteiger partial charge in [0.15, 0.2) is 0 Å². The van der Waals surface area contributed by atoms with E-state index in [2.05, 4.69) is 19.1 Å².